The van der Waals surface area contributed by atoms with E-state index in [9.17, 15) is 9.00 Å². The summed E-state index contributed by atoms with van der Waals surface area (Å²) in [5, 5.41) is 7.69. The molecule has 0 bridgehead atoms. The third-order valence-corrected chi connectivity index (χ3v) is 6.00. The molecular weight excluding hydrogens is 358 g/mol. The van der Waals surface area contributed by atoms with Gasteiger partial charge in [-0.15, -0.1) is 0 Å². The number of nitrogens with zero attached hydrogens (tertiary/aromatic N) is 2. The van der Waals surface area contributed by atoms with Gasteiger partial charge in [-0.2, -0.15) is 5.10 Å². The van der Waals surface area contributed by atoms with Gasteiger partial charge in [-0.3, -0.25) is 9.00 Å². The van der Waals surface area contributed by atoms with E-state index in [-0.39, 0.29) is 5.91 Å². The zero-order valence-electron chi connectivity index (χ0n) is 15.6. The van der Waals surface area contributed by atoms with Crippen LogP contribution in [-0.4, -0.2) is 19.9 Å². The molecule has 5 nitrogen and oxygen atoms in total. The molecule has 1 aliphatic rings. The number of amides is 1. The molecule has 0 radical (unpaired) electrons. The van der Waals surface area contributed by atoms with Crippen LogP contribution in [-0.2, 0) is 22.3 Å². The number of aromatic nitrogens is 2. The van der Waals surface area contributed by atoms with Gasteiger partial charge >= 0.3 is 0 Å². The normalized spacial score (nSPS) is 15.6. The Morgan fingerprint density at radius 3 is 2.44 bits per heavy atom. The lowest BCUT2D eigenvalue weighted by Gasteiger charge is -2.13. The van der Waals surface area contributed by atoms with Gasteiger partial charge in [0.1, 0.15) is 5.82 Å². The minimum atomic E-state index is -0.962. The summed E-state index contributed by atoms with van der Waals surface area (Å²) in [5.41, 5.74) is 6.51. The van der Waals surface area contributed by atoms with Crippen LogP contribution in [0.3, 0.4) is 0 Å². The molecule has 4 rings (SSSR count). The van der Waals surface area contributed by atoms with Crippen molar-refractivity contribution >= 4 is 22.5 Å². The molecule has 2 heterocycles. The fourth-order valence-electron chi connectivity index (χ4n) is 3.36. The maximum absolute atomic E-state index is 12.8. The van der Waals surface area contributed by atoms with E-state index in [0.29, 0.717) is 22.9 Å². The van der Waals surface area contributed by atoms with Gasteiger partial charge in [0.2, 0.25) is 0 Å². The molecule has 3 aromatic rings. The second kappa shape index (κ2) is 6.78. The van der Waals surface area contributed by atoms with Crippen molar-refractivity contribution < 1.29 is 9.00 Å². The highest BCUT2D eigenvalue weighted by atomic mass is 32.2. The van der Waals surface area contributed by atoms with E-state index < -0.39 is 10.8 Å². The summed E-state index contributed by atoms with van der Waals surface area (Å²) in [6.45, 7) is 6.06. The molecule has 0 fully saturated rings. The Balaban J connectivity index is 1.77. The lowest BCUT2D eigenvalue weighted by molar-refractivity contribution is 0.102. The van der Waals surface area contributed by atoms with Crippen LogP contribution in [0, 0.1) is 20.8 Å². The second-order valence-electron chi connectivity index (χ2n) is 7.02. The molecule has 138 valence electrons. The van der Waals surface area contributed by atoms with Crippen molar-refractivity contribution in [1.82, 2.24) is 9.78 Å². The fourth-order valence-corrected chi connectivity index (χ4v) is 4.62. The number of nitrogens with one attached hydrogen (secondary N) is 1. The lowest BCUT2D eigenvalue weighted by Crippen LogP contribution is -2.17. The predicted molar refractivity (Wildman–Crippen MR) is 108 cm³/mol. The van der Waals surface area contributed by atoms with Crippen molar-refractivity contribution in [3.63, 3.8) is 0 Å². The van der Waals surface area contributed by atoms with Crippen molar-refractivity contribution in [2.45, 2.75) is 32.3 Å². The average Bonchev–Trinajstić information content (AvgIpc) is 3.13. The van der Waals surface area contributed by atoms with E-state index in [4.69, 9.17) is 0 Å². The van der Waals surface area contributed by atoms with E-state index >= 15 is 0 Å². The Kier molecular flexibility index (Phi) is 4.44. The molecule has 0 saturated heterocycles. The number of carbonyl (C=O) groups is 1. The molecular formula is C21H21N3O2S. The topological polar surface area (TPSA) is 64.0 Å². The van der Waals surface area contributed by atoms with Gasteiger partial charge in [0.15, 0.2) is 0 Å². The van der Waals surface area contributed by atoms with Gasteiger partial charge in [-0.25, -0.2) is 4.68 Å². The number of aryl methyl sites for hydroxylation is 3. The summed E-state index contributed by atoms with van der Waals surface area (Å²) in [5.74, 6) is 1.28. The SMILES string of the molecule is Cc1ccc(C(=O)Nc2c3c(nn2-c2ccc(C)cc2C)CS(=O)C3)cc1. The standard InChI is InChI=1S/C21H21N3O2S/c1-13-4-7-16(8-5-13)21(25)22-20-17-11-27(26)12-18(17)23-24(20)19-9-6-14(2)10-15(19)3/h4-10H,11-12H2,1-3H3,(H,22,25). The van der Waals surface area contributed by atoms with Crippen molar-refractivity contribution in [2.75, 3.05) is 5.32 Å². The van der Waals surface area contributed by atoms with Crippen molar-refractivity contribution in [2.24, 2.45) is 0 Å². The molecule has 27 heavy (non-hydrogen) atoms. The maximum Gasteiger partial charge on any atom is 0.256 e. The van der Waals surface area contributed by atoms with Crippen LogP contribution in [0.2, 0.25) is 0 Å². The molecule has 1 unspecified atom stereocenters. The first-order valence-electron chi connectivity index (χ1n) is 8.84. The number of rotatable bonds is 3. The Bertz CT molecular complexity index is 1070. The Labute approximate surface area is 160 Å². The van der Waals surface area contributed by atoms with Crippen LogP contribution in [0.5, 0.6) is 0 Å². The molecule has 0 aliphatic carbocycles. The van der Waals surface area contributed by atoms with Crippen LogP contribution in [0.1, 0.15) is 38.3 Å². The Morgan fingerprint density at radius 2 is 1.74 bits per heavy atom. The zero-order valence-corrected chi connectivity index (χ0v) is 16.4. The summed E-state index contributed by atoms with van der Waals surface area (Å²) in [7, 11) is -0.962. The first kappa shape index (κ1) is 17.7. The summed E-state index contributed by atoms with van der Waals surface area (Å²) >= 11 is 0. The van der Waals surface area contributed by atoms with Gasteiger partial charge in [-0.05, 0) is 44.5 Å². The quantitative estimate of drug-likeness (QED) is 0.753. The molecule has 1 amide bonds. The summed E-state index contributed by atoms with van der Waals surface area (Å²) in [6.07, 6.45) is 0. The Hall–Kier alpha value is -2.73. The van der Waals surface area contributed by atoms with Gasteiger partial charge in [-0.1, -0.05) is 35.4 Å². The third-order valence-electron chi connectivity index (χ3n) is 4.80. The molecule has 2 aromatic carbocycles. The maximum atomic E-state index is 12.8. The minimum Gasteiger partial charge on any atom is -0.306 e. The first-order chi connectivity index (χ1) is 12.9. The summed E-state index contributed by atoms with van der Waals surface area (Å²) in [4.78, 5) is 12.8. The van der Waals surface area contributed by atoms with Crippen LogP contribution < -0.4 is 5.32 Å². The lowest BCUT2D eigenvalue weighted by atomic mass is 10.1. The highest BCUT2D eigenvalue weighted by Gasteiger charge is 2.28. The largest absolute Gasteiger partial charge is 0.306 e. The van der Waals surface area contributed by atoms with Gasteiger partial charge in [0.25, 0.3) is 5.91 Å². The smallest absolute Gasteiger partial charge is 0.256 e. The molecule has 1 N–H and O–H groups in total. The molecule has 1 atom stereocenters. The minimum absolute atomic E-state index is 0.193. The van der Waals surface area contributed by atoms with E-state index in [0.717, 1.165) is 28.1 Å². The van der Waals surface area contributed by atoms with Gasteiger partial charge < -0.3 is 5.32 Å². The number of fused-ring (bicyclic) bond motifs is 1. The van der Waals surface area contributed by atoms with Gasteiger partial charge in [0, 0.05) is 21.9 Å². The van der Waals surface area contributed by atoms with Crippen LogP contribution in [0.4, 0.5) is 5.82 Å². The van der Waals surface area contributed by atoms with Gasteiger partial charge in [0.05, 0.1) is 22.9 Å². The predicted octanol–water partition coefficient (Wildman–Crippen LogP) is 3.81. The number of benzene rings is 2. The Morgan fingerprint density at radius 1 is 1.04 bits per heavy atom. The molecule has 6 heteroatoms. The highest BCUT2D eigenvalue weighted by molar-refractivity contribution is 7.83. The zero-order chi connectivity index (χ0) is 19.1. The average molecular weight is 379 g/mol. The van der Waals surface area contributed by atoms with E-state index in [1.54, 1.807) is 16.8 Å². The first-order valence-corrected chi connectivity index (χ1v) is 10.3. The second-order valence-corrected chi connectivity index (χ2v) is 8.48. The fraction of sp³-hybridized carbons (Fsp3) is 0.238. The van der Waals surface area contributed by atoms with Crippen molar-refractivity contribution in [3.05, 3.63) is 76.0 Å². The van der Waals surface area contributed by atoms with Crippen LogP contribution in [0.25, 0.3) is 5.69 Å². The monoisotopic (exact) mass is 379 g/mol. The summed E-state index contributed by atoms with van der Waals surface area (Å²) in [6, 6.07) is 13.6. The molecule has 0 spiro atoms. The van der Waals surface area contributed by atoms with E-state index in [2.05, 4.69) is 16.5 Å². The van der Waals surface area contributed by atoms with Crippen molar-refractivity contribution in [3.8, 4) is 5.69 Å². The molecule has 1 aromatic heterocycles. The molecule has 0 saturated carbocycles. The number of anilines is 1. The highest BCUT2D eigenvalue weighted by Crippen LogP contribution is 2.32. The third kappa shape index (κ3) is 3.32. The van der Waals surface area contributed by atoms with Crippen molar-refractivity contribution in [1.29, 1.82) is 0 Å². The number of carbonyl (C=O) groups excluding carboxylic acids is 1. The number of hydrogen-bond acceptors (Lipinski definition) is 3. The van der Waals surface area contributed by atoms with Crippen LogP contribution >= 0.6 is 0 Å². The number of hydrogen-bond donors (Lipinski definition) is 1. The summed E-state index contributed by atoms with van der Waals surface area (Å²) < 4.78 is 13.8. The van der Waals surface area contributed by atoms with E-state index in [1.807, 2.05) is 45.0 Å². The molecule has 1 aliphatic heterocycles. The van der Waals surface area contributed by atoms with Crippen LogP contribution in [0.15, 0.2) is 42.5 Å². The van der Waals surface area contributed by atoms with E-state index in [1.165, 1.54) is 5.56 Å².